The number of amides is 1. The second kappa shape index (κ2) is 8.89. The number of nitrogens with one attached hydrogen (secondary N) is 1. The molecule has 162 valence electrons. The first-order chi connectivity index (χ1) is 15.0. The van der Waals surface area contributed by atoms with Crippen molar-refractivity contribution in [2.45, 2.75) is 45.3 Å². The predicted molar refractivity (Wildman–Crippen MR) is 121 cm³/mol. The van der Waals surface area contributed by atoms with Gasteiger partial charge in [-0.15, -0.1) is 0 Å². The number of carbonyl (C=O) groups is 1. The summed E-state index contributed by atoms with van der Waals surface area (Å²) in [7, 11) is 0. The molecule has 1 aliphatic rings. The van der Waals surface area contributed by atoms with Gasteiger partial charge >= 0.3 is 0 Å². The third kappa shape index (κ3) is 4.46. The molecule has 3 aromatic rings. The molecule has 1 amide bonds. The van der Waals surface area contributed by atoms with E-state index in [1.54, 1.807) is 19.1 Å². The molecule has 0 spiro atoms. The Hall–Kier alpha value is -3.19. The summed E-state index contributed by atoms with van der Waals surface area (Å²) in [4.78, 5) is 23.8. The molecule has 0 saturated carbocycles. The van der Waals surface area contributed by atoms with Gasteiger partial charge in [0.1, 0.15) is 17.7 Å². The minimum absolute atomic E-state index is 0.0398. The highest BCUT2D eigenvalue weighted by atomic mass is 16.3. The zero-order valence-corrected chi connectivity index (χ0v) is 17.9. The molecule has 2 heterocycles. The molecule has 4 rings (SSSR count). The zero-order chi connectivity index (χ0) is 22.0. The van der Waals surface area contributed by atoms with Crippen molar-refractivity contribution in [1.29, 1.82) is 0 Å². The number of hydrogen-bond acceptors (Lipinski definition) is 6. The van der Waals surface area contributed by atoms with Crippen molar-refractivity contribution < 1.29 is 15.0 Å². The lowest BCUT2D eigenvalue weighted by atomic mass is 10.0. The number of piperidine rings is 1. The van der Waals surface area contributed by atoms with Gasteiger partial charge < -0.3 is 20.4 Å². The fourth-order valence-electron chi connectivity index (χ4n) is 3.97. The Morgan fingerprint density at radius 2 is 1.94 bits per heavy atom. The minimum Gasteiger partial charge on any atom is -0.507 e. The SMILES string of the molecule is CC[C@@H](O)C(=O)NC1CCN(c2nc(-c3ccccc3O)nc3cc(C)ccc23)CC1. The Bertz CT molecular complexity index is 1090. The Labute approximate surface area is 181 Å². The molecule has 1 aliphatic heterocycles. The van der Waals surface area contributed by atoms with Crippen molar-refractivity contribution in [2.75, 3.05) is 18.0 Å². The van der Waals surface area contributed by atoms with Gasteiger partial charge in [-0.1, -0.05) is 25.1 Å². The van der Waals surface area contributed by atoms with Gasteiger partial charge in [0.2, 0.25) is 5.91 Å². The first kappa shape index (κ1) is 21.1. The summed E-state index contributed by atoms with van der Waals surface area (Å²) in [5.41, 5.74) is 2.55. The molecular formula is C24H28N4O3. The van der Waals surface area contributed by atoms with E-state index in [0.717, 1.165) is 48.2 Å². The number of carbonyl (C=O) groups excluding carboxylic acids is 1. The Balaban J connectivity index is 1.63. The summed E-state index contributed by atoms with van der Waals surface area (Å²) >= 11 is 0. The normalized spacial score (nSPS) is 15.8. The van der Waals surface area contributed by atoms with Crippen LogP contribution in [-0.2, 0) is 4.79 Å². The maximum absolute atomic E-state index is 12.0. The number of anilines is 1. The predicted octanol–water partition coefficient (Wildman–Crippen LogP) is 3.17. The van der Waals surface area contributed by atoms with Crippen LogP contribution in [0.4, 0.5) is 5.82 Å². The number of phenols is 1. The molecule has 1 aromatic heterocycles. The van der Waals surface area contributed by atoms with Crippen LogP contribution in [-0.4, -0.2) is 51.3 Å². The Kier molecular flexibility index (Phi) is 6.04. The van der Waals surface area contributed by atoms with Crippen LogP contribution in [0.15, 0.2) is 42.5 Å². The number of aromatic hydroxyl groups is 1. The maximum Gasteiger partial charge on any atom is 0.249 e. The monoisotopic (exact) mass is 420 g/mol. The molecule has 3 N–H and O–H groups in total. The molecule has 1 fully saturated rings. The average molecular weight is 421 g/mol. The lowest BCUT2D eigenvalue weighted by Gasteiger charge is -2.34. The fraction of sp³-hybridized carbons (Fsp3) is 0.375. The van der Waals surface area contributed by atoms with E-state index in [9.17, 15) is 15.0 Å². The number of hydrogen-bond donors (Lipinski definition) is 3. The van der Waals surface area contributed by atoms with Gasteiger partial charge in [0, 0.05) is 24.5 Å². The molecule has 7 nitrogen and oxygen atoms in total. The molecule has 31 heavy (non-hydrogen) atoms. The number of benzene rings is 2. The zero-order valence-electron chi connectivity index (χ0n) is 17.9. The standard InChI is InChI=1S/C24H28N4O3/c1-3-20(29)24(31)25-16-10-12-28(13-11-16)23-17-9-8-15(2)14-19(17)26-22(27-23)18-6-4-5-7-21(18)30/h4-9,14,16,20,29-30H,3,10-13H2,1-2H3,(H,25,31)/t20-/m1/s1. The van der Waals surface area contributed by atoms with E-state index < -0.39 is 6.10 Å². The summed E-state index contributed by atoms with van der Waals surface area (Å²) in [6, 6.07) is 13.3. The molecule has 2 aromatic carbocycles. The average Bonchev–Trinajstić information content (AvgIpc) is 2.78. The number of fused-ring (bicyclic) bond motifs is 1. The van der Waals surface area contributed by atoms with Gasteiger partial charge in [0.05, 0.1) is 11.1 Å². The summed E-state index contributed by atoms with van der Waals surface area (Å²) in [6.07, 6.45) is 0.997. The van der Waals surface area contributed by atoms with Crippen LogP contribution < -0.4 is 10.2 Å². The third-order valence-electron chi connectivity index (χ3n) is 5.81. The smallest absolute Gasteiger partial charge is 0.249 e. The molecule has 0 radical (unpaired) electrons. The number of para-hydroxylation sites is 1. The summed E-state index contributed by atoms with van der Waals surface area (Å²) in [5.74, 6) is 1.18. The van der Waals surface area contributed by atoms with Crippen molar-refractivity contribution in [1.82, 2.24) is 15.3 Å². The van der Waals surface area contributed by atoms with Crippen LogP contribution in [0.25, 0.3) is 22.3 Å². The van der Waals surface area contributed by atoms with Gasteiger partial charge in [-0.3, -0.25) is 4.79 Å². The lowest BCUT2D eigenvalue weighted by molar-refractivity contribution is -0.130. The van der Waals surface area contributed by atoms with E-state index in [0.29, 0.717) is 17.8 Å². The second-order valence-corrected chi connectivity index (χ2v) is 8.10. The third-order valence-corrected chi connectivity index (χ3v) is 5.81. The minimum atomic E-state index is -0.951. The molecule has 0 bridgehead atoms. The molecule has 0 aliphatic carbocycles. The number of aliphatic hydroxyl groups excluding tert-OH is 1. The van der Waals surface area contributed by atoms with E-state index >= 15 is 0 Å². The van der Waals surface area contributed by atoms with Crippen molar-refractivity contribution in [3.63, 3.8) is 0 Å². The van der Waals surface area contributed by atoms with Crippen LogP contribution in [0.1, 0.15) is 31.7 Å². The van der Waals surface area contributed by atoms with Crippen molar-refractivity contribution in [3.05, 3.63) is 48.0 Å². The molecular weight excluding hydrogens is 392 g/mol. The molecule has 0 unspecified atom stereocenters. The second-order valence-electron chi connectivity index (χ2n) is 8.10. The van der Waals surface area contributed by atoms with E-state index in [2.05, 4.69) is 10.2 Å². The van der Waals surface area contributed by atoms with Crippen molar-refractivity contribution >= 4 is 22.6 Å². The van der Waals surface area contributed by atoms with E-state index in [4.69, 9.17) is 9.97 Å². The largest absolute Gasteiger partial charge is 0.507 e. The van der Waals surface area contributed by atoms with Crippen LogP contribution in [0.5, 0.6) is 5.75 Å². The van der Waals surface area contributed by atoms with Gasteiger partial charge in [-0.2, -0.15) is 0 Å². The first-order valence-corrected chi connectivity index (χ1v) is 10.8. The highest BCUT2D eigenvalue weighted by molar-refractivity contribution is 5.92. The highest BCUT2D eigenvalue weighted by Gasteiger charge is 2.25. The van der Waals surface area contributed by atoms with Gasteiger partial charge in [-0.05, 0) is 56.0 Å². The fourth-order valence-corrected chi connectivity index (χ4v) is 3.97. The molecule has 7 heteroatoms. The van der Waals surface area contributed by atoms with Gasteiger partial charge in [0.15, 0.2) is 5.82 Å². The molecule has 1 atom stereocenters. The van der Waals surface area contributed by atoms with Gasteiger partial charge in [-0.25, -0.2) is 9.97 Å². The lowest BCUT2D eigenvalue weighted by Crippen LogP contribution is -2.47. The highest BCUT2D eigenvalue weighted by Crippen LogP contribution is 2.33. The topological polar surface area (TPSA) is 98.6 Å². The summed E-state index contributed by atoms with van der Waals surface area (Å²) in [5, 5.41) is 24.0. The number of aliphatic hydroxyl groups is 1. The number of nitrogens with zero attached hydrogens (tertiary/aromatic N) is 3. The number of phenolic OH excluding ortho intramolecular Hbond substituents is 1. The maximum atomic E-state index is 12.0. The summed E-state index contributed by atoms with van der Waals surface area (Å²) in [6.45, 7) is 5.28. The van der Waals surface area contributed by atoms with Crippen molar-refractivity contribution in [2.24, 2.45) is 0 Å². The van der Waals surface area contributed by atoms with E-state index in [-0.39, 0.29) is 17.7 Å². The van der Waals surface area contributed by atoms with Crippen LogP contribution in [0.2, 0.25) is 0 Å². The number of aryl methyl sites for hydroxylation is 1. The molecule has 1 saturated heterocycles. The van der Waals surface area contributed by atoms with Crippen LogP contribution in [0.3, 0.4) is 0 Å². The quantitative estimate of drug-likeness (QED) is 0.586. The van der Waals surface area contributed by atoms with Crippen LogP contribution >= 0.6 is 0 Å². The number of rotatable bonds is 5. The summed E-state index contributed by atoms with van der Waals surface area (Å²) < 4.78 is 0. The van der Waals surface area contributed by atoms with Gasteiger partial charge in [0.25, 0.3) is 0 Å². The van der Waals surface area contributed by atoms with Crippen LogP contribution in [0, 0.1) is 6.92 Å². The first-order valence-electron chi connectivity index (χ1n) is 10.8. The van der Waals surface area contributed by atoms with E-state index in [1.165, 1.54) is 0 Å². The Morgan fingerprint density at radius 1 is 1.19 bits per heavy atom. The number of aromatic nitrogens is 2. The van der Waals surface area contributed by atoms with Crippen molar-refractivity contribution in [3.8, 4) is 17.1 Å². The Morgan fingerprint density at radius 3 is 2.65 bits per heavy atom. The van der Waals surface area contributed by atoms with E-state index in [1.807, 2.05) is 37.3 Å².